The molecule has 0 atom stereocenters. The molecular formula is C15H11N3OS2. The van der Waals surface area contributed by atoms with Crippen molar-refractivity contribution in [3.8, 4) is 6.07 Å². The van der Waals surface area contributed by atoms with Crippen LogP contribution in [0.5, 0.6) is 0 Å². The number of aromatic amines is 1. The number of nitriles is 1. The average Bonchev–Trinajstić information content (AvgIpc) is 2.87. The Morgan fingerprint density at radius 3 is 2.86 bits per heavy atom. The Kier molecular flexibility index (Phi) is 3.78. The van der Waals surface area contributed by atoms with Gasteiger partial charge in [0.05, 0.1) is 17.0 Å². The number of nitrogens with one attached hydrogen (secondary N) is 1. The van der Waals surface area contributed by atoms with Crippen molar-refractivity contribution in [3.63, 3.8) is 0 Å². The van der Waals surface area contributed by atoms with Gasteiger partial charge in [-0.2, -0.15) is 5.26 Å². The molecule has 104 valence electrons. The fraction of sp³-hybridized carbons (Fsp3) is 0.133. The van der Waals surface area contributed by atoms with Gasteiger partial charge in [0.15, 0.2) is 5.16 Å². The van der Waals surface area contributed by atoms with Gasteiger partial charge in [-0.1, -0.05) is 23.9 Å². The monoisotopic (exact) mass is 313 g/mol. The predicted molar refractivity (Wildman–Crippen MR) is 85.7 cm³/mol. The number of thiophene rings is 1. The standard InChI is InChI=1S/C15H11N3OS2/c1-9-6-12-13(19)17-15(18-14(12)21-9)20-8-11-4-2-10(7-16)3-5-11/h2-6H,8H2,1H3,(H,17,18,19). The number of aryl methyl sites for hydroxylation is 1. The van der Waals surface area contributed by atoms with Gasteiger partial charge in [0.1, 0.15) is 4.83 Å². The zero-order valence-corrected chi connectivity index (χ0v) is 12.8. The molecule has 0 amide bonds. The Balaban J connectivity index is 1.81. The summed E-state index contributed by atoms with van der Waals surface area (Å²) >= 11 is 3.01. The van der Waals surface area contributed by atoms with E-state index in [1.165, 1.54) is 23.1 Å². The number of benzene rings is 1. The van der Waals surface area contributed by atoms with Crippen molar-refractivity contribution >= 4 is 33.3 Å². The van der Waals surface area contributed by atoms with Crippen LogP contribution in [0.1, 0.15) is 16.0 Å². The first-order chi connectivity index (χ1) is 10.2. The molecule has 0 bridgehead atoms. The van der Waals surface area contributed by atoms with E-state index in [4.69, 9.17) is 5.26 Å². The van der Waals surface area contributed by atoms with Crippen molar-refractivity contribution in [3.05, 3.63) is 56.7 Å². The van der Waals surface area contributed by atoms with Gasteiger partial charge in [-0.3, -0.25) is 4.79 Å². The van der Waals surface area contributed by atoms with Crippen molar-refractivity contribution in [2.75, 3.05) is 0 Å². The molecule has 0 spiro atoms. The number of hydrogen-bond acceptors (Lipinski definition) is 5. The van der Waals surface area contributed by atoms with E-state index in [1.807, 2.05) is 25.1 Å². The van der Waals surface area contributed by atoms with Crippen LogP contribution >= 0.6 is 23.1 Å². The number of aromatic nitrogens is 2. The quantitative estimate of drug-likeness (QED) is 0.594. The summed E-state index contributed by atoms with van der Waals surface area (Å²) in [6.45, 7) is 1.97. The van der Waals surface area contributed by atoms with Crippen molar-refractivity contribution in [2.24, 2.45) is 0 Å². The normalized spacial score (nSPS) is 10.7. The van der Waals surface area contributed by atoms with Crippen LogP contribution in [0.2, 0.25) is 0 Å². The first kappa shape index (κ1) is 13.9. The number of fused-ring (bicyclic) bond motifs is 1. The predicted octanol–water partition coefficient (Wildman–Crippen LogP) is 3.46. The molecule has 21 heavy (non-hydrogen) atoms. The Hall–Kier alpha value is -2.10. The van der Waals surface area contributed by atoms with Gasteiger partial charge in [0.25, 0.3) is 5.56 Å². The van der Waals surface area contributed by atoms with Gasteiger partial charge in [0, 0.05) is 10.6 Å². The summed E-state index contributed by atoms with van der Waals surface area (Å²) in [5.41, 5.74) is 1.64. The molecule has 0 saturated carbocycles. The van der Waals surface area contributed by atoms with E-state index < -0.39 is 0 Å². The minimum absolute atomic E-state index is 0.0910. The molecule has 0 saturated heterocycles. The van der Waals surface area contributed by atoms with Crippen molar-refractivity contribution in [2.45, 2.75) is 17.8 Å². The number of nitrogens with zero attached hydrogens (tertiary/aromatic N) is 2. The topological polar surface area (TPSA) is 69.5 Å². The van der Waals surface area contributed by atoms with E-state index in [9.17, 15) is 4.79 Å². The Morgan fingerprint density at radius 2 is 2.14 bits per heavy atom. The van der Waals surface area contributed by atoms with Gasteiger partial charge in [-0.05, 0) is 30.7 Å². The second-order valence-electron chi connectivity index (χ2n) is 4.54. The highest BCUT2D eigenvalue weighted by Gasteiger charge is 2.07. The maximum absolute atomic E-state index is 12.0. The lowest BCUT2D eigenvalue weighted by Crippen LogP contribution is -2.07. The molecule has 4 nitrogen and oxygen atoms in total. The van der Waals surface area contributed by atoms with Crippen LogP contribution in [-0.2, 0) is 5.75 Å². The van der Waals surface area contributed by atoms with E-state index in [1.54, 1.807) is 12.1 Å². The molecule has 2 heterocycles. The number of hydrogen-bond donors (Lipinski definition) is 1. The van der Waals surface area contributed by atoms with Crippen molar-refractivity contribution in [1.29, 1.82) is 5.26 Å². The Bertz CT molecular complexity index is 888. The van der Waals surface area contributed by atoms with Gasteiger partial charge in [-0.15, -0.1) is 11.3 Å². The zero-order chi connectivity index (χ0) is 14.8. The third-order valence-corrected chi connectivity index (χ3v) is 4.85. The molecule has 0 radical (unpaired) electrons. The summed E-state index contributed by atoms with van der Waals surface area (Å²) in [5.74, 6) is 0.699. The maximum atomic E-state index is 12.0. The number of thioether (sulfide) groups is 1. The first-order valence-corrected chi connectivity index (χ1v) is 8.08. The molecule has 1 aromatic carbocycles. The largest absolute Gasteiger partial charge is 0.301 e. The molecule has 2 aromatic heterocycles. The smallest absolute Gasteiger partial charge is 0.260 e. The maximum Gasteiger partial charge on any atom is 0.260 e. The average molecular weight is 313 g/mol. The van der Waals surface area contributed by atoms with Crippen LogP contribution in [0.15, 0.2) is 40.3 Å². The first-order valence-electron chi connectivity index (χ1n) is 6.28. The molecule has 0 aliphatic carbocycles. The van der Waals surface area contributed by atoms with Crippen LogP contribution in [0.3, 0.4) is 0 Å². The van der Waals surface area contributed by atoms with E-state index >= 15 is 0 Å². The molecule has 0 aliphatic heterocycles. The van der Waals surface area contributed by atoms with Crippen molar-refractivity contribution < 1.29 is 0 Å². The van der Waals surface area contributed by atoms with E-state index in [0.29, 0.717) is 21.9 Å². The van der Waals surface area contributed by atoms with Crippen LogP contribution in [-0.4, -0.2) is 9.97 Å². The minimum atomic E-state index is -0.0910. The summed E-state index contributed by atoms with van der Waals surface area (Å²) in [6.07, 6.45) is 0. The van der Waals surface area contributed by atoms with Gasteiger partial charge >= 0.3 is 0 Å². The molecule has 1 N–H and O–H groups in total. The summed E-state index contributed by atoms with van der Waals surface area (Å²) in [6, 6.07) is 11.4. The highest BCUT2D eigenvalue weighted by atomic mass is 32.2. The van der Waals surface area contributed by atoms with Crippen LogP contribution in [0.4, 0.5) is 0 Å². The van der Waals surface area contributed by atoms with Gasteiger partial charge in [0.2, 0.25) is 0 Å². The Morgan fingerprint density at radius 1 is 1.38 bits per heavy atom. The summed E-state index contributed by atoms with van der Waals surface area (Å²) in [7, 11) is 0. The van der Waals surface area contributed by atoms with Crippen LogP contribution in [0, 0.1) is 18.3 Å². The van der Waals surface area contributed by atoms with Crippen LogP contribution < -0.4 is 5.56 Å². The third kappa shape index (κ3) is 2.99. The lowest BCUT2D eigenvalue weighted by atomic mass is 10.2. The van der Waals surface area contributed by atoms with Crippen LogP contribution in [0.25, 0.3) is 10.2 Å². The fourth-order valence-corrected chi connectivity index (χ4v) is 3.68. The van der Waals surface area contributed by atoms with E-state index in [0.717, 1.165) is 15.3 Å². The fourth-order valence-electron chi connectivity index (χ4n) is 1.93. The van der Waals surface area contributed by atoms with Gasteiger partial charge in [-0.25, -0.2) is 4.98 Å². The minimum Gasteiger partial charge on any atom is -0.301 e. The van der Waals surface area contributed by atoms with E-state index in [2.05, 4.69) is 16.0 Å². The lowest BCUT2D eigenvalue weighted by Gasteiger charge is -2.01. The highest BCUT2D eigenvalue weighted by Crippen LogP contribution is 2.24. The molecule has 0 unspecified atom stereocenters. The molecular weight excluding hydrogens is 302 g/mol. The Labute approximate surface area is 129 Å². The summed E-state index contributed by atoms with van der Waals surface area (Å²) < 4.78 is 0. The molecule has 0 aliphatic rings. The highest BCUT2D eigenvalue weighted by molar-refractivity contribution is 7.98. The summed E-state index contributed by atoms with van der Waals surface area (Å²) in [5, 5.41) is 10.0. The summed E-state index contributed by atoms with van der Waals surface area (Å²) in [4.78, 5) is 21.1. The third-order valence-electron chi connectivity index (χ3n) is 2.96. The van der Waals surface area contributed by atoms with E-state index in [-0.39, 0.29) is 5.56 Å². The number of H-pyrrole nitrogens is 1. The second kappa shape index (κ2) is 5.72. The molecule has 0 fully saturated rings. The zero-order valence-electron chi connectivity index (χ0n) is 11.2. The number of rotatable bonds is 3. The molecule has 6 heteroatoms. The molecule has 3 aromatic rings. The molecule has 3 rings (SSSR count). The van der Waals surface area contributed by atoms with Gasteiger partial charge < -0.3 is 4.98 Å². The lowest BCUT2D eigenvalue weighted by molar-refractivity contribution is 0.979. The SMILES string of the molecule is Cc1cc2c(=O)[nH]c(SCc3ccc(C#N)cc3)nc2s1. The second-order valence-corrected chi connectivity index (χ2v) is 6.74. The van der Waals surface area contributed by atoms with Crippen molar-refractivity contribution in [1.82, 2.24) is 9.97 Å².